The number of carbonyl (C=O) groups is 2. The van der Waals surface area contributed by atoms with Crippen molar-refractivity contribution in [3.05, 3.63) is 33.8 Å². The summed E-state index contributed by atoms with van der Waals surface area (Å²) in [6.45, 7) is 1.01. The lowest BCUT2D eigenvalue weighted by molar-refractivity contribution is -0.146. The van der Waals surface area contributed by atoms with Gasteiger partial charge in [-0.15, -0.1) is 0 Å². The Morgan fingerprint density at radius 3 is 2.70 bits per heavy atom. The summed E-state index contributed by atoms with van der Waals surface area (Å²) in [6.07, 6.45) is 1.53. The highest BCUT2D eigenvalue weighted by Gasteiger charge is 2.29. The highest BCUT2D eigenvalue weighted by molar-refractivity contribution is 6.42. The van der Waals surface area contributed by atoms with Crippen LogP contribution >= 0.6 is 23.2 Å². The molecule has 0 bridgehead atoms. The topological polar surface area (TPSA) is 46.6 Å². The first-order valence-electron chi connectivity index (χ1n) is 6.35. The first-order chi connectivity index (χ1) is 9.52. The summed E-state index contributed by atoms with van der Waals surface area (Å²) in [5.74, 6) is -0.658. The van der Waals surface area contributed by atoms with Crippen molar-refractivity contribution in [2.45, 2.75) is 12.8 Å². The van der Waals surface area contributed by atoms with Crippen LogP contribution in [0.1, 0.15) is 23.2 Å². The van der Waals surface area contributed by atoms with E-state index < -0.39 is 0 Å². The monoisotopic (exact) mass is 315 g/mol. The van der Waals surface area contributed by atoms with Gasteiger partial charge in [-0.2, -0.15) is 0 Å². The summed E-state index contributed by atoms with van der Waals surface area (Å²) in [6, 6.07) is 4.78. The molecule has 108 valence electrons. The Labute approximate surface area is 127 Å². The number of hydrogen-bond donors (Lipinski definition) is 0. The smallest absolute Gasteiger partial charge is 0.310 e. The molecule has 0 aromatic heterocycles. The van der Waals surface area contributed by atoms with E-state index >= 15 is 0 Å². The number of likely N-dealkylation sites (tertiary alicyclic amines) is 1. The Bertz CT molecular complexity index is 533. The van der Waals surface area contributed by atoms with Crippen molar-refractivity contribution in [2.24, 2.45) is 5.92 Å². The maximum Gasteiger partial charge on any atom is 0.310 e. The molecule has 1 saturated heterocycles. The molecule has 0 N–H and O–H groups in total. The van der Waals surface area contributed by atoms with Crippen LogP contribution in [0.4, 0.5) is 0 Å². The molecule has 0 saturated carbocycles. The van der Waals surface area contributed by atoms with Crippen molar-refractivity contribution < 1.29 is 14.3 Å². The van der Waals surface area contributed by atoms with Gasteiger partial charge < -0.3 is 9.64 Å². The predicted molar refractivity (Wildman–Crippen MR) is 77.1 cm³/mol. The van der Waals surface area contributed by atoms with Gasteiger partial charge in [0.25, 0.3) is 5.91 Å². The Hall–Kier alpha value is -1.26. The second kappa shape index (κ2) is 6.46. The van der Waals surface area contributed by atoms with E-state index in [1.807, 2.05) is 0 Å². The average Bonchev–Trinajstić information content (AvgIpc) is 2.48. The fraction of sp³-hybridized carbons (Fsp3) is 0.429. The fourth-order valence-electron chi connectivity index (χ4n) is 2.33. The van der Waals surface area contributed by atoms with Crippen LogP contribution in [0.15, 0.2) is 18.2 Å². The molecular formula is C14H15Cl2NO3. The van der Waals surface area contributed by atoms with Crippen LogP contribution in [0.5, 0.6) is 0 Å². The number of piperidine rings is 1. The first-order valence-corrected chi connectivity index (χ1v) is 7.10. The zero-order valence-electron chi connectivity index (χ0n) is 11.1. The molecule has 0 spiro atoms. The Morgan fingerprint density at radius 1 is 1.30 bits per heavy atom. The third-order valence-corrected chi connectivity index (χ3v) is 4.15. The molecule has 0 aliphatic carbocycles. The van der Waals surface area contributed by atoms with Gasteiger partial charge in [0.05, 0.1) is 23.1 Å². The maximum atomic E-state index is 12.4. The van der Waals surface area contributed by atoms with Gasteiger partial charge in [0.15, 0.2) is 0 Å². The molecule has 1 aromatic carbocycles. The van der Waals surface area contributed by atoms with Crippen molar-refractivity contribution in [1.82, 2.24) is 4.90 Å². The molecule has 1 aromatic rings. The number of benzene rings is 1. The van der Waals surface area contributed by atoms with E-state index in [4.69, 9.17) is 27.9 Å². The van der Waals surface area contributed by atoms with Crippen LogP contribution in [-0.4, -0.2) is 37.0 Å². The summed E-state index contributed by atoms with van der Waals surface area (Å²) in [4.78, 5) is 25.6. The summed E-state index contributed by atoms with van der Waals surface area (Å²) >= 11 is 11.8. The van der Waals surface area contributed by atoms with E-state index in [0.29, 0.717) is 28.7 Å². The van der Waals surface area contributed by atoms with Gasteiger partial charge in [0.2, 0.25) is 0 Å². The zero-order chi connectivity index (χ0) is 14.7. The highest BCUT2D eigenvalue weighted by Crippen LogP contribution is 2.25. The van der Waals surface area contributed by atoms with Gasteiger partial charge in [0, 0.05) is 18.7 Å². The summed E-state index contributed by atoms with van der Waals surface area (Å²) in [7, 11) is 1.36. The van der Waals surface area contributed by atoms with E-state index in [1.54, 1.807) is 23.1 Å². The number of nitrogens with zero attached hydrogens (tertiary/aromatic N) is 1. The van der Waals surface area contributed by atoms with Gasteiger partial charge in [-0.1, -0.05) is 23.2 Å². The van der Waals surface area contributed by atoms with Gasteiger partial charge in [-0.3, -0.25) is 9.59 Å². The molecule has 20 heavy (non-hydrogen) atoms. The molecule has 1 aliphatic rings. The van der Waals surface area contributed by atoms with Gasteiger partial charge in [-0.25, -0.2) is 0 Å². The van der Waals surface area contributed by atoms with Gasteiger partial charge >= 0.3 is 5.97 Å². The number of esters is 1. The summed E-state index contributed by atoms with van der Waals surface area (Å²) in [5.41, 5.74) is 0.477. The molecule has 1 aliphatic heterocycles. The SMILES string of the molecule is COC(=O)[C@H]1CCCN(C(=O)c2ccc(Cl)c(Cl)c2)C1. The number of amides is 1. The molecule has 0 unspecified atom stereocenters. The van der Waals surface area contributed by atoms with Crippen LogP contribution in [0.3, 0.4) is 0 Å². The number of ether oxygens (including phenoxy) is 1. The summed E-state index contributed by atoms with van der Waals surface area (Å²) in [5, 5.41) is 0.758. The Morgan fingerprint density at radius 2 is 2.05 bits per heavy atom. The van der Waals surface area contributed by atoms with E-state index in [-0.39, 0.29) is 17.8 Å². The van der Waals surface area contributed by atoms with Crippen molar-refractivity contribution in [1.29, 1.82) is 0 Å². The standard InChI is InChI=1S/C14H15Cl2NO3/c1-20-14(19)10-3-2-6-17(8-10)13(18)9-4-5-11(15)12(16)7-9/h4-5,7,10H,2-3,6,8H2,1H3/t10-/m0/s1. The van der Waals surface area contributed by atoms with Crippen LogP contribution in [0.2, 0.25) is 10.0 Å². The minimum Gasteiger partial charge on any atom is -0.469 e. The molecular weight excluding hydrogens is 301 g/mol. The number of methoxy groups -OCH3 is 1. The molecule has 1 amide bonds. The van der Waals surface area contributed by atoms with E-state index in [1.165, 1.54) is 7.11 Å². The quantitative estimate of drug-likeness (QED) is 0.788. The normalized spacial score (nSPS) is 18.8. The van der Waals surface area contributed by atoms with Crippen LogP contribution < -0.4 is 0 Å². The molecule has 0 radical (unpaired) electrons. The lowest BCUT2D eigenvalue weighted by Crippen LogP contribution is -2.42. The maximum absolute atomic E-state index is 12.4. The lowest BCUT2D eigenvalue weighted by Gasteiger charge is -2.31. The number of rotatable bonds is 2. The molecule has 6 heteroatoms. The third-order valence-electron chi connectivity index (χ3n) is 3.41. The van der Waals surface area contributed by atoms with Crippen LogP contribution in [-0.2, 0) is 9.53 Å². The number of halogens is 2. The van der Waals surface area contributed by atoms with Crippen molar-refractivity contribution in [3.63, 3.8) is 0 Å². The third kappa shape index (κ3) is 3.25. The molecule has 1 fully saturated rings. The summed E-state index contributed by atoms with van der Waals surface area (Å²) < 4.78 is 4.74. The van der Waals surface area contributed by atoms with Crippen molar-refractivity contribution in [2.75, 3.05) is 20.2 Å². The second-order valence-corrected chi connectivity index (χ2v) is 5.56. The Kier molecular flexibility index (Phi) is 4.89. The number of hydrogen-bond acceptors (Lipinski definition) is 3. The lowest BCUT2D eigenvalue weighted by atomic mass is 9.97. The second-order valence-electron chi connectivity index (χ2n) is 4.74. The van der Waals surface area contributed by atoms with Crippen molar-refractivity contribution >= 4 is 35.1 Å². The minimum atomic E-state index is -0.267. The van der Waals surface area contributed by atoms with E-state index in [0.717, 1.165) is 12.8 Å². The fourth-order valence-corrected chi connectivity index (χ4v) is 2.63. The zero-order valence-corrected chi connectivity index (χ0v) is 12.6. The van der Waals surface area contributed by atoms with Crippen LogP contribution in [0, 0.1) is 5.92 Å². The Balaban J connectivity index is 2.12. The largest absolute Gasteiger partial charge is 0.469 e. The molecule has 1 atom stereocenters. The van der Waals surface area contributed by atoms with Gasteiger partial charge in [-0.05, 0) is 31.0 Å². The van der Waals surface area contributed by atoms with Crippen LogP contribution in [0.25, 0.3) is 0 Å². The molecule has 4 nitrogen and oxygen atoms in total. The van der Waals surface area contributed by atoms with E-state index in [2.05, 4.69) is 0 Å². The predicted octanol–water partition coefficient (Wildman–Crippen LogP) is 3.02. The van der Waals surface area contributed by atoms with Crippen molar-refractivity contribution in [3.8, 4) is 0 Å². The molecule has 1 heterocycles. The van der Waals surface area contributed by atoms with Gasteiger partial charge in [0.1, 0.15) is 0 Å². The first kappa shape index (κ1) is 15.1. The minimum absolute atomic E-state index is 0.142. The average molecular weight is 316 g/mol. The number of carbonyl (C=O) groups excluding carboxylic acids is 2. The highest BCUT2D eigenvalue weighted by atomic mass is 35.5. The molecule has 2 rings (SSSR count). The van der Waals surface area contributed by atoms with E-state index in [9.17, 15) is 9.59 Å².